The molecule has 2 heteroatoms. The van der Waals surface area contributed by atoms with Crippen molar-refractivity contribution in [2.45, 2.75) is 65.8 Å². The lowest BCUT2D eigenvalue weighted by Gasteiger charge is -2.20. The Morgan fingerprint density at radius 2 is 1.69 bits per heavy atom. The first kappa shape index (κ1) is 15.9. The van der Waals surface area contributed by atoms with E-state index in [1.54, 1.807) is 0 Å². The number of hydrogen-bond acceptors (Lipinski definition) is 2. The van der Waals surface area contributed by atoms with E-state index in [0.29, 0.717) is 18.6 Å². The van der Waals surface area contributed by atoms with Crippen LogP contribution in [0.1, 0.15) is 59.8 Å². The minimum absolute atomic E-state index is 0.326. The molecule has 0 saturated heterocycles. The van der Waals surface area contributed by atoms with Crippen LogP contribution in [0.5, 0.6) is 0 Å². The number of nitrogens with one attached hydrogen (secondary N) is 1. The molecule has 0 aromatic rings. The first-order valence-corrected chi connectivity index (χ1v) is 6.94. The molecular weight excluding hydrogens is 198 g/mol. The van der Waals surface area contributed by atoms with E-state index in [1.165, 1.54) is 25.7 Å². The largest absolute Gasteiger partial charge is 0.396 e. The highest BCUT2D eigenvalue weighted by Crippen LogP contribution is 2.11. The van der Waals surface area contributed by atoms with Gasteiger partial charge >= 0.3 is 0 Å². The highest BCUT2D eigenvalue weighted by atomic mass is 16.3. The summed E-state index contributed by atoms with van der Waals surface area (Å²) < 4.78 is 0. The highest BCUT2D eigenvalue weighted by molar-refractivity contribution is 4.67. The molecule has 0 fully saturated rings. The smallest absolute Gasteiger partial charge is 0.0434 e. The van der Waals surface area contributed by atoms with Gasteiger partial charge in [0.05, 0.1) is 0 Å². The third kappa shape index (κ3) is 9.17. The molecule has 16 heavy (non-hydrogen) atoms. The SMILES string of the molecule is CCCC(CCO)CNC(C)CCC(C)C. The summed E-state index contributed by atoms with van der Waals surface area (Å²) in [6.07, 6.45) is 5.94. The van der Waals surface area contributed by atoms with Crippen LogP contribution < -0.4 is 5.32 Å². The zero-order valence-corrected chi connectivity index (χ0v) is 11.6. The third-order valence-electron chi connectivity index (χ3n) is 3.17. The summed E-state index contributed by atoms with van der Waals surface area (Å²) in [6, 6.07) is 0.612. The first-order valence-electron chi connectivity index (χ1n) is 6.94. The van der Waals surface area contributed by atoms with Crippen LogP contribution in [-0.2, 0) is 0 Å². The van der Waals surface area contributed by atoms with Crippen LogP contribution in [-0.4, -0.2) is 24.3 Å². The topological polar surface area (TPSA) is 32.3 Å². The van der Waals surface area contributed by atoms with Crippen molar-refractivity contribution in [1.29, 1.82) is 0 Å². The highest BCUT2D eigenvalue weighted by Gasteiger charge is 2.09. The van der Waals surface area contributed by atoms with E-state index in [2.05, 4.69) is 33.0 Å². The maximum absolute atomic E-state index is 8.98. The molecule has 0 bridgehead atoms. The fourth-order valence-electron chi connectivity index (χ4n) is 1.99. The molecule has 0 spiro atoms. The van der Waals surface area contributed by atoms with Crippen molar-refractivity contribution in [3.8, 4) is 0 Å². The second kappa shape index (κ2) is 10.1. The molecule has 98 valence electrons. The second-order valence-corrected chi connectivity index (χ2v) is 5.45. The minimum atomic E-state index is 0.326. The van der Waals surface area contributed by atoms with Gasteiger partial charge < -0.3 is 10.4 Å². The van der Waals surface area contributed by atoms with Gasteiger partial charge in [-0.05, 0) is 51.0 Å². The quantitative estimate of drug-likeness (QED) is 0.603. The lowest BCUT2D eigenvalue weighted by atomic mass is 9.99. The van der Waals surface area contributed by atoms with E-state index in [9.17, 15) is 0 Å². The average molecular weight is 229 g/mol. The van der Waals surface area contributed by atoms with E-state index < -0.39 is 0 Å². The lowest BCUT2D eigenvalue weighted by molar-refractivity contribution is 0.244. The fraction of sp³-hybridized carbons (Fsp3) is 1.00. The van der Waals surface area contributed by atoms with Crippen molar-refractivity contribution in [3.05, 3.63) is 0 Å². The Bertz CT molecular complexity index is 142. The van der Waals surface area contributed by atoms with Crippen molar-refractivity contribution in [2.75, 3.05) is 13.2 Å². The Labute approximate surface area is 102 Å². The van der Waals surface area contributed by atoms with Gasteiger partial charge in [0.2, 0.25) is 0 Å². The molecule has 0 heterocycles. The molecule has 0 aliphatic carbocycles. The minimum Gasteiger partial charge on any atom is -0.396 e. The summed E-state index contributed by atoms with van der Waals surface area (Å²) in [5.41, 5.74) is 0. The predicted octanol–water partition coefficient (Wildman–Crippen LogP) is 3.20. The normalized spacial score (nSPS) is 15.4. The van der Waals surface area contributed by atoms with Crippen LogP contribution in [0.2, 0.25) is 0 Å². The van der Waals surface area contributed by atoms with Crippen LogP contribution in [0.4, 0.5) is 0 Å². The Balaban J connectivity index is 3.64. The number of aliphatic hydroxyl groups is 1. The summed E-state index contributed by atoms with van der Waals surface area (Å²) in [5.74, 6) is 1.45. The van der Waals surface area contributed by atoms with Crippen LogP contribution in [0.25, 0.3) is 0 Å². The van der Waals surface area contributed by atoms with Gasteiger partial charge in [0, 0.05) is 12.6 Å². The molecule has 2 N–H and O–H groups in total. The van der Waals surface area contributed by atoms with Crippen molar-refractivity contribution in [2.24, 2.45) is 11.8 Å². The Morgan fingerprint density at radius 1 is 1.00 bits per heavy atom. The fourth-order valence-corrected chi connectivity index (χ4v) is 1.99. The summed E-state index contributed by atoms with van der Waals surface area (Å²) in [6.45, 7) is 10.4. The molecule has 0 rings (SSSR count). The van der Waals surface area contributed by atoms with Gasteiger partial charge in [-0.25, -0.2) is 0 Å². The summed E-state index contributed by atoms with van der Waals surface area (Å²) >= 11 is 0. The zero-order chi connectivity index (χ0) is 12.4. The molecule has 0 aromatic heterocycles. The molecule has 0 aliphatic heterocycles. The van der Waals surface area contributed by atoms with Crippen LogP contribution in [0, 0.1) is 11.8 Å². The molecule has 0 aromatic carbocycles. The van der Waals surface area contributed by atoms with Gasteiger partial charge in [0.25, 0.3) is 0 Å². The molecular formula is C14H31NO. The van der Waals surface area contributed by atoms with Crippen molar-refractivity contribution >= 4 is 0 Å². The van der Waals surface area contributed by atoms with Gasteiger partial charge in [-0.1, -0.05) is 27.2 Å². The van der Waals surface area contributed by atoms with Gasteiger partial charge in [-0.15, -0.1) is 0 Å². The monoisotopic (exact) mass is 229 g/mol. The van der Waals surface area contributed by atoms with Crippen molar-refractivity contribution in [1.82, 2.24) is 5.32 Å². The Hall–Kier alpha value is -0.0800. The van der Waals surface area contributed by atoms with Crippen LogP contribution in [0.3, 0.4) is 0 Å². The standard InChI is InChI=1S/C14H31NO/c1-5-6-14(9-10-16)11-15-13(4)8-7-12(2)3/h12-16H,5-11H2,1-4H3. The van der Waals surface area contributed by atoms with Crippen molar-refractivity contribution < 1.29 is 5.11 Å². The Morgan fingerprint density at radius 3 is 2.19 bits per heavy atom. The molecule has 0 amide bonds. The maximum Gasteiger partial charge on any atom is 0.0434 e. The summed E-state index contributed by atoms with van der Waals surface area (Å²) in [4.78, 5) is 0. The van der Waals surface area contributed by atoms with Crippen LogP contribution >= 0.6 is 0 Å². The molecule has 0 radical (unpaired) electrons. The second-order valence-electron chi connectivity index (χ2n) is 5.45. The summed E-state index contributed by atoms with van der Waals surface area (Å²) in [5, 5.41) is 12.6. The lowest BCUT2D eigenvalue weighted by Crippen LogP contribution is -2.31. The predicted molar refractivity (Wildman–Crippen MR) is 71.6 cm³/mol. The third-order valence-corrected chi connectivity index (χ3v) is 3.17. The maximum atomic E-state index is 8.98. The van der Waals surface area contributed by atoms with E-state index in [-0.39, 0.29) is 0 Å². The van der Waals surface area contributed by atoms with E-state index in [4.69, 9.17) is 5.11 Å². The van der Waals surface area contributed by atoms with Gasteiger partial charge in [0.1, 0.15) is 0 Å². The molecule has 0 saturated carbocycles. The van der Waals surface area contributed by atoms with Crippen LogP contribution in [0.15, 0.2) is 0 Å². The molecule has 2 nitrogen and oxygen atoms in total. The number of hydrogen-bond donors (Lipinski definition) is 2. The van der Waals surface area contributed by atoms with E-state index in [0.717, 1.165) is 18.9 Å². The van der Waals surface area contributed by atoms with E-state index in [1.807, 2.05) is 0 Å². The number of aliphatic hydroxyl groups excluding tert-OH is 1. The zero-order valence-electron chi connectivity index (χ0n) is 11.6. The molecule has 0 aliphatic rings. The van der Waals surface area contributed by atoms with Gasteiger partial charge in [-0.3, -0.25) is 0 Å². The van der Waals surface area contributed by atoms with E-state index >= 15 is 0 Å². The Kier molecular flexibility index (Phi) is 10.0. The number of rotatable bonds is 10. The first-order chi connectivity index (χ1) is 7.60. The van der Waals surface area contributed by atoms with Gasteiger partial charge in [0.15, 0.2) is 0 Å². The van der Waals surface area contributed by atoms with Gasteiger partial charge in [-0.2, -0.15) is 0 Å². The molecule has 2 unspecified atom stereocenters. The summed E-state index contributed by atoms with van der Waals surface area (Å²) in [7, 11) is 0. The average Bonchev–Trinajstić information content (AvgIpc) is 2.23. The molecule has 2 atom stereocenters. The van der Waals surface area contributed by atoms with Crippen molar-refractivity contribution in [3.63, 3.8) is 0 Å².